The molecule has 0 spiro atoms. The van der Waals surface area contributed by atoms with Crippen LogP contribution in [0.4, 0.5) is 11.4 Å². The van der Waals surface area contributed by atoms with Crippen molar-refractivity contribution in [3.05, 3.63) is 95.1 Å². The SMILES string of the molecule is CCCCN(CCCC)C(=O)c1ccc2c(c1)NC(=O)/C2=C(\Nc1ccc(CN2CCCCC2)cc1)c1ccccc1. The summed E-state index contributed by atoms with van der Waals surface area (Å²) < 4.78 is 0. The molecule has 0 aliphatic carbocycles. The van der Waals surface area contributed by atoms with Crippen molar-refractivity contribution in [1.29, 1.82) is 0 Å². The topological polar surface area (TPSA) is 64.7 Å². The van der Waals surface area contributed by atoms with Crippen LogP contribution in [0, 0.1) is 0 Å². The first-order valence-corrected chi connectivity index (χ1v) is 15.7. The zero-order valence-corrected chi connectivity index (χ0v) is 25.1. The molecule has 3 aromatic carbocycles. The van der Waals surface area contributed by atoms with Crippen LogP contribution in [-0.4, -0.2) is 47.8 Å². The Morgan fingerprint density at radius 2 is 1.55 bits per heavy atom. The number of nitrogens with one attached hydrogen (secondary N) is 2. The van der Waals surface area contributed by atoms with Gasteiger partial charge in [-0.2, -0.15) is 0 Å². The highest BCUT2D eigenvalue weighted by Gasteiger charge is 2.30. The Balaban J connectivity index is 1.43. The van der Waals surface area contributed by atoms with Gasteiger partial charge in [0, 0.05) is 42.1 Å². The monoisotopic (exact) mass is 564 g/mol. The number of unbranched alkanes of at least 4 members (excludes halogenated alkanes) is 2. The van der Waals surface area contributed by atoms with Crippen molar-refractivity contribution in [3.8, 4) is 0 Å². The summed E-state index contributed by atoms with van der Waals surface area (Å²) in [5, 5.41) is 6.62. The van der Waals surface area contributed by atoms with E-state index in [2.05, 4.69) is 53.6 Å². The molecule has 0 aromatic heterocycles. The van der Waals surface area contributed by atoms with E-state index in [1.165, 1.54) is 37.9 Å². The summed E-state index contributed by atoms with van der Waals surface area (Å²) in [5.74, 6) is -0.145. The molecule has 5 rings (SSSR count). The molecule has 2 aliphatic heterocycles. The van der Waals surface area contributed by atoms with Crippen molar-refractivity contribution in [3.63, 3.8) is 0 Å². The lowest BCUT2D eigenvalue weighted by Gasteiger charge is -2.26. The van der Waals surface area contributed by atoms with Crippen LogP contribution in [0.3, 0.4) is 0 Å². The molecule has 2 aliphatic rings. The first kappa shape index (κ1) is 29.6. The lowest BCUT2D eigenvalue weighted by Crippen LogP contribution is -2.33. The van der Waals surface area contributed by atoms with Crippen LogP contribution < -0.4 is 10.6 Å². The fourth-order valence-corrected chi connectivity index (χ4v) is 5.85. The zero-order valence-electron chi connectivity index (χ0n) is 25.1. The Hall–Kier alpha value is -3.90. The number of hydrogen-bond donors (Lipinski definition) is 2. The molecular formula is C36H44N4O2. The van der Waals surface area contributed by atoms with E-state index in [4.69, 9.17) is 0 Å². The van der Waals surface area contributed by atoms with Gasteiger partial charge in [-0.05, 0) is 74.2 Å². The van der Waals surface area contributed by atoms with Crippen LogP contribution >= 0.6 is 0 Å². The molecule has 3 aromatic rings. The fourth-order valence-electron chi connectivity index (χ4n) is 5.85. The molecule has 42 heavy (non-hydrogen) atoms. The number of fused-ring (bicyclic) bond motifs is 1. The van der Waals surface area contributed by atoms with Gasteiger partial charge in [-0.25, -0.2) is 0 Å². The Morgan fingerprint density at radius 3 is 2.21 bits per heavy atom. The molecular weight excluding hydrogens is 520 g/mol. The maximum absolute atomic E-state index is 13.5. The highest BCUT2D eigenvalue weighted by molar-refractivity contribution is 6.37. The first-order valence-electron chi connectivity index (χ1n) is 15.7. The van der Waals surface area contributed by atoms with Crippen LogP contribution in [0.5, 0.6) is 0 Å². The number of benzene rings is 3. The lowest BCUT2D eigenvalue weighted by molar-refractivity contribution is -0.110. The van der Waals surface area contributed by atoms with Gasteiger partial charge < -0.3 is 15.5 Å². The number of anilines is 2. The van der Waals surface area contributed by atoms with Gasteiger partial charge in [0.1, 0.15) is 0 Å². The van der Waals surface area contributed by atoms with Crippen molar-refractivity contribution in [2.45, 2.75) is 65.3 Å². The number of likely N-dealkylation sites (tertiary alicyclic amines) is 1. The smallest absolute Gasteiger partial charge is 0.258 e. The highest BCUT2D eigenvalue weighted by Crippen LogP contribution is 2.38. The standard InChI is InChI=1S/C36H44N4O2/c1-3-5-23-40(24-6-4-2)36(42)29-17-20-31-32(25-29)38-35(41)33(31)34(28-13-9-7-10-14-28)37-30-18-15-27(16-19-30)26-39-21-11-8-12-22-39/h7,9-10,13-20,25,37H,3-6,8,11-12,21-24,26H2,1-2H3,(H,38,41)/b34-33-. The third-order valence-corrected chi connectivity index (χ3v) is 8.25. The average molecular weight is 565 g/mol. The van der Waals surface area contributed by atoms with Crippen LogP contribution in [0.15, 0.2) is 72.8 Å². The van der Waals surface area contributed by atoms with Gasteiger partial charge in [0.25, 0.3) is 11.8 Å². The molecule has 0 atom stereocenters. The Morgan fingerprint density at radius 1 is 0.857 bits per heavy atom. The Bertz CT molecular complexity index is 1380. The predicted molar refractivity (Wildman–Crippen MR) is 173 cm³/mol. The molecule has 0 radical (unpaired) electrons. The van der Waals surface area contributed by atoms with E-state index >= 15 is 0 Å². The molecule has 0 saturated carbocycles. The summed E-state index contributed by atoms with van der Waals surface area (Å²) >= 11 is 0. The largest absolute Gasteiger partial charge is 0.354 e. The molecule has 1 saturated heterocycles. The van der Waals surface area contributed by atoms with Gasteiger partial charge >= 0.3 is 0 Å². The molecule has 0 unspecified atom stereocenters. The van der Waals surface area contributed by atoms with Gasteiger partial charge in [-0.1, -0.05) is 81.6 Å². The van der Waals surface area contributed by atoms with E-state index in [-0.39, 0.29) is 11.8 Å². The number of carbonyl (C=O) groups is 2. The molecule has 2 N–H and O–H groups in total. The summed E-state index contributed by atoms with van der Waals surface area (Å²) in [5.41, 5.74) is 6.59. The van der Waals surface area contributed by atoms with E-state index in [9.17, 15) is 9.59 Å². The molecule has 6 nitrogen and oxygen atoms in total. The summed E-state index contributed by atoms with van der Waals surface area (Å²) in [6.45, 7) is 9.10. The maximum Gasteiger partial charge on any atom is 0.258 e. The van der Waals surface area contributed by atoms with E-state index in [0.717, 1.165) is 67.8 Å². The molecule has 1 fully saturated rings. The summed E-state index contributed by atoms with van der Waals surface area (Å²) in [7, 11) is 0. The molecule has 220 valence electrons. The Kier molecular flexibility index (Phi) is 10.1. The van der Waals surface area contributed by atoms with E-state index in [1.54, 1.807) is 0 Å². The number of rotatable bonds is 12. The van der Waals surface area contributed by atoms with Gasteiger partial charge in [0.2, 0.25) is 0 Å². The number of nitrogens with zero attached hydrogens (tertiary/aromatic N) is 2. The van der Waals surface area contributed by atoms with Crippen LogP contribution in [0.25, 0.3) is 11.3 Å². The number of piperidine rings is 1. The molecule has 6 heteroatoms. The zero-order chi connectivity index (χ0) is 29.3. The molecule has 2 heterocycles. The quantitative estimate of drug-likeness (QED) is 0.222. The van der Waals surface area contributed by atoms with Crippen molar-refractivity contribution >= 4 is 34.5 Å². The summed E-state index contributed by atoms with van der Waals surface area (Å²) in [4.78, 5) is 31.4. The number of hydrogen-bond acceptors (Lipinski definition) is 4. The minimum Gasteiger partial charge on any atom is -0.354 e. The van der Waals surface area contributed by atoms with Crippen LogP contribution in [0.1, 0.15) is 85.8 Å². The number of amides is 2. The predicted octanol–water partition coefficient (Wildman–Crippen LogP) is 7.65. The lowest BCUT2D eigenvalue weighted by atomic mass is 9.98. The molecule has 0 bridgehead atoms. The minimum atomic E-state index is -0.170. The van der Waals surface area contributed by atoms with Crippen LogP contribution in [0.2, 0.25) is 0 Å². The second-order valence-corrected chi connectivity index (χ2v) is 11.5. The Labute approximate surface area is 250 Å². The van der Waals surface area contributed by atoms with Gasteiger partial charge in [-0.15, -0.1) is 0 Å². The second-order valence-electron chi connectivity index (χ2n) is 11.5. The number of carbonyl (C=O) groups excluding carboxylic acids is 2. The normalized spacial score (nSPS) is 16.1. The van der Waals surface area contributed by atoms with Gasteiger partial charge in [-0.3, -0.25) is 14.5 Å². The van der Waals surface area contributed by atoms with Crippen LogP contribution in [-0.2, 0) is 11.3 Å². The summed E-state index contributed by atoms with van der Waals surface area (Å²) in [6.07, 6.45) is 7.94. The first-order chi connectivity index (χ1) is 20.6. The van der Waals surface area contributed by atoms with E-state index in [1.807, 2.05) is 53.4 Å². The third kappa shape index (κ3) is 7.11. The van der Waals surface area contributed by atoms with Crippen molar-refractivity contribution in [2.24, 2.45) is 0 Å². The van der Waals surface area contributed by atoms with E-state index in [0.29, 0.717) is 16.8 Å². The van der Waals surface area contributed by atoms with Crippen molar-refractivity contribution < 1.29 is 9.59 Å². The minimum absolute atomic E-state index is 0.0254. The molecule has 2 amide bonds. The third-order valence-electron chi connectivity index (χ3n) is 8.25. The maximum atomic E-state index is 13.5. The van der Waals surface area contributed by atoms with Crippen molar-refractivity contribution in [1.82, 2.24) is 9.80 Å². The summed E-state index contributed by atoms with van der Waals surface area (Å²) in [6, 6.07) is 24.1. The van der Waals surface area contributed by atoms with Gasteiger partial charge in [0.15, 0.2) is 0 Å². The highest BCUT2D eigenvalue weighted by atomic mass is 16.2. The fraction of sp³-hybridized carbons (Fsp3) is 0.389. The second kappa shape index (κ2) is 14.3. The van der Waals surface area contributed by atoms with Crippen molar-refractivity contribution in [2.75, 3.05) is 36.8 Å². The van der Waals surface area contributed by atoms with Gasteiger partial charge in [0.05, 0.1) is 11.3 Å². The average Bonchev–Trinajstić information content (AvgIpc) is 3.36. The van der Waals surface area contributed by atoms with E-state index < -0.39 is 0 Å².